The maximum absolute atomic E-state index is 13.5. The maximum Gasteiger partial charge on any atom is 0.189 e. The number of para-hydroxylation sites is 1. The number of thioether (sulfide) groups is 1. The van der Waals surface area contributed by atoms with Crippen LogP contribution in [-0.4, -0.2) is 23.3 Å². The maximum atomic E-state index is 13.5. The molecule has 0 amide bonds. The fourth-order valence-corrected chi connectivity index (χ4v) is 2.03. The zero-order valence-corrected chi connectivity index (χ0v) is 11.9. The molecule has 7 heteroatoms. The lowest BCUT2D eigenvalue weighted by Crippen LogP contribution is -2.08. The van der Waals surface area contributed by atoms with Crippen LogP contribution >= 0.6 is 11.8 Å². The summed E-state index contributed by atoms with van der Waals surface area (Å²) in [5.74, 6) is -0.621. The Morgan fingerprint density at radius 1 is 1.25 bits per heavy atom. The number of nitrogens with zero attached hydrogens (tertiary/aromatic N) is 2. The third kappa shape index (κ3) is 3.16. The standard InChI is InChI=1S/C13H14F2N4S/c1-16-12-8(7-18-13(19-12)20-2)6-17-11-9(14)4-3-5-10(11)15/h3-5,7,17H,6H2,1-2H3,(H,16,18,19). The molecule has 0 saturated carbocycles. The molecule has 1 heterocycles. The molecule has 4 nitrogen and oxygen atoms in total. The van der Waals surface area contributed by atoms with Gasteiger partial charge < -0.3 is 10.6 Å². The van der Waals surface area contributed by atoms with Crippen LogP contribution in [0.1, 0.15) is 5.56 Å². The zero-order valence-electron chi connectivity index (χ0n) is 11.1. The van der Waals surface area contributed by atoms with E-state index < -0.39 is 11.6 Å². The number of anilines is 2. The van der Waals surface area contributed by atoms with E-state index in [4.69, 9.17) is 0 Å². The van der Waals surface area contributed by atoms with Gasteiger partial charge in [0.1, 0.15) is 23.1 Å². The molecule has 2 aromatic rings. The van der Waals surface area contributed by atoms with E-state index in [1.807, 2.05) is 6.26 Å². The minimum Gasteiger partial charge on any atom is -0.376 e. The van der Waals surface area contributed by atoms with E-state index in [0.717, 1.165) is 5.56 Å². The van der Waals surface area contributed by atoms with Gasteiger partial charge >= 0.3 is 0 Å². The van der Waals surface area contributed by atoms with Gasteiger partial charge in [-0.25, -0.2) is 18.7 Å². The Morgan fingerprint density at radius 3 is 2.55 bits per heavy atom. The van der Waals surface area contributed by atoms with Crippen molar-refractivity contribution < 1.29 is 8.78 Å². The summed E-state index contributed by atoms with van der Waals surface area (Å²) in [6.07, 6.45) is 3.51. The molecule has 0 radical (unpaired) electrons. The lowest BCUT2D eigenvalue weighted by molar-refractivity contribution is 0.588. The van der Waals surface area contributed by atoms with Crippen LogP contribution in [0.15, 0.2) is 29.6 Å². The Labute approximate surface area is 120 Å². The third-order valence-corrected chi connectivity index (χ3v) is 3.24. The highest BCUT2D eigenvalue weighted by Gasteiger charge is 2.10. The topological polar surface area (TPSA) is 49.8 Å². The Bertz CT molecular complexity index is 587. The molecule has 0 aliphatic rings. The van der Waals surface area contributed by atoms with Gasteiger partial charge in [-0.2, -0.15) is 0 Å². The van der Waals surface area contributed by atoms with Gasteiger partial charge in [-0.15, -0.1) is 0 Å². The highest BCUT2D eigenvalue weighted by Crippen LogP contribution is 2.21. The molecule has 0 saturated heterocycles. The number of rotatable bonds is 5. The lowest BCUT2D eigenvalue weighted by atomic mass is 10.2. The van der Waals surface area contributed by atoms with E-state index >= 15 is 0 Å². The van der Waals surface area contributed by atoms with E-state index in [1.165, 1.54) is 30.0 Å². The largest absolute Gasteiger partial charge is 0.376 e. The molecule has 0 fully saturated rings. The van der Waals surface area contributed by atoms with Crippen molar-refractivity contribution in [3.8, 4) is 0 Å². The Morgan fingerprint density at radius 2 is 1.95 bits per heavy atom. The summed E-state index contributed by atoms with van der Waals surface area (Å²) in [7, 11) is 1.74. The van der Waals surface area contributed by atoms with E-state index in [1.54, 1.807) is 13.2 Å². The number of hydrogen-bond acceptors (Lipinski definition) is 5. The molecular weight excluding hydrogens is 282 g/mol. The first-order valence-corrected chi connectivity index (χ1v) is 7.13. The van der Waals surface area contributed by atoms with E-state index in [2.05, 4.69) is 20.6 Å². The fraction of sp³-hybridized carbons (Fsp3) is 0.231. The average Bonchev–Trinajstić information content (AvgIpc) is 2.46. The Balaban J connectivity index is 2.19. The first-order valence-electron chi connectivity index (χ1n) is 5.91. The van der Waals surface area contributed by atoms with Gasteiger partial charge in [-0.1, -0.05) is 17.8 Å². The van der Waals surface area contributed by atoms with Gasteiger partial charge in [-0.05, 0) is 18.4 Å². The number of aromatic nitrogens is 2. The van der Waals surface area contributed by atoms with Gasteiger partial charge in [0.05, 0.1) is 0 Å². The molecule has 106 valence electrons. The van der Waals surface area contributed by atoms with Gasteiger partial charge in [0.25, 0.3) is 0 Å². The number of benzene rings is 1. The van der Waals surface area contributed by atoms with E-state index in [9.17, 15) is 8.78 Å². The molecular formula is C13H14F2N4S. The van der Waals surface area contributed by atoms with Crippen LogP contribution in [0, 0.1) is 11.6 Å². The Kier molecular flexibility index (Phi) is 4.73. The molecule has 0 spiro atoms. The van der Waals surface area contributed by atoms with Crippen molar-refractivity contribution >= 4 is 23.3 Å². The van der Waals surface area contributed by atoms with Gasteiger partial charge in [0.2, 0.25) is 0 Å². The van der Waals surface area contributed by atoms with Crippen LogP contribution < -0.4 is 10.6 Å². The van der Waals surface area contributed by atoms with Crippen LogP contribution in [0.4, 0.5) is 20.3 Å². The van der Waals surface area contributed by atoms with Crippen molar-refractivity contribution in [2.45, 2.75) is 11.7 Å². The fourth-order valence-electron chi connectivity index (χ4n) is 1.69. The monoisotopic (exact) mass is 296 g/mol. The summed E-state index contributed by atoms with van der Waals surface area (Å²) < 4.78 is 27.0. The van der Waals surface area contributed by atoms with Crippen molar-refractivity contribution in [3.05, 3.63) is 41.6 Å². The van der Waals surface area contributed by atoms with Crippen molar-refractivity contribution in [1.82, 2.24) is 9.97 Å². The van der Waals surface area contributed by atoms with Crippen LogP contribution in [0.2, 0.25) is 0 Å². The predicted molar refractivity (Wildman–Crippen MR) is 77.0 cm³/mol. The second-order valence-electron chi connectivity index (χ2n) is 3.93. The number of hydrogen-bond donors (Lipinski definition) is 2. The molecule has 2 N–H and O–H groups in total. The first-order chi connectivity index (χ1) is 9.65. The molecule has 20 heavy (non-hydrogen) atoms. The van der Waals surface area contributed by atoms with Crippen LogP contribution in [0.5, 0.6) is 0 Å². The molecule has 2 rings (SSSR count). The SMILES string of the molecule is CNc1nc(SC)ncc1CNc1c(F)cccc1F. The van der Waals surface area contributed by atoms with Crippen molar-refractivity contribution in [1.29, 1.82) is 0 Å². The third-order valence-electron chi connectivity index (χ3n) is 2.68. The number of nitrogens with one attached hydrogen (secondary N) is 2. The second kappa shape index (κ2) is 6.51. The van der Waals surface area contributed by atoms with E-state index in [-0.39, 0.29) is 12.2 Å². The van der Waals surface area contributed by atoms with Gasteiger partial charge in [0, 0.05) is 25.4 Å². The predicted octanol–water partition coefficient (Wildman–Crippen LogP) is 3.13. The zero-order chi connectivity index (χ0) is 14.5. The summed E-state index contributed by atoms with van der Waals surface area (Å²) in [4.78, 5) is 8.43. The molecule has 0 aliphatic heterocycles. The molecule has 0 atom stereocenters. The van der Waals surface area contributed by atoms with Crippen molar-refractivity contribution in [2.24, 2.45) is 0 Å². The quantitative estimate of drug-likeness (QED) is 0.656. The average molecular weight is 296 g/mol. The Hall–Kier alpha value is -1.89. The van der Waals surface area contributed by atoms with Crippen molar-refractivity contribution in [3.63, 3.8) is 0 Å². The normalized spacial score (nSPS) is 10.4. The molecule has 0 unspecified atom stereocenters. The highest BCUT2D eigenvalue weighted by molar-refractivity contribution is 7.98. The molecule has 1 aromatic carbocycles. The van der Waals surface area contributed by atoms with Crippen LogP contribution in [0.25, 0.3) is 0 Å². The summed E-state index contributed by atoms with van der Waals surface area (Å²) >= 11 is 1.42. The lowest BCUT2D eigenvalue weighted by Gasteiger charge is -2.11. The van der Waals surface area contributed by atoms with Gasteiger partial charge in [0.15, 0.2) is 5.16 Å². The smallest absolute Gasteiger partial charge is 0.189 e. The van der Waals surface area contributed by atoms with Crippen LogP contribution in [0.3, 0.4) is 0 Å². The summed E-state index contributed by atoms with van der Waals surface area (Å²) in [5, 5.41) is 6.31. The minimum atomic E-state index is -0.627. The van der Waals surface area contributed by atoms with Crippen LogP contribution in [-0.2, 0) is 6.54 Å². The summed E-state index contributed by atoms with van der Waals surface area (Å²) in [6.45, 7) is 0.225. The number of halogens is 2. The molecule has 0 bridgehead atoms. The summed E-state index contributed by atoms with van der Waals surface area (Å²) in [5.41, 5.74) is 0.580. The summed E-state index contributed by atoms with van der Waals surface area (Å²) in [6, 6.07) is 3.74. The first kappa shape index (κ1) is 14.5. The molecule has 1 aromatic heterocycles. The van der Waals surface area contributed by atoms with E-state index in [0.29, 0.717) is 11.0 Å². The second-order valence-corrected chi connectivity index (χ2v) is 4.70. The highest BCUT2D eigenvalue weighted by atomic mass is 32.2. The minimum absolute atomic E-state index is 0.150. The molecule has 0 aliphatic carbocycles. The van der Waals surface area contributed by atoms with Crippen molar-refractivity contribution in [2.75, 3.05) is 23.9 Å². The van der Waals surface area contributed by atoms with Gasteiger partial charge in [-0.3, -0.25) is 0 Å².